The molecule has 3 heterocycles. The summed E-state index contributed by atoms with van der Waals surface area (Å²) in [7, 11) is 0. The third-order valence-corrected chi connectivity index (χ3v) is 4.25. The Morgan fingerprint density at radius 2 is 1.93 bits per heavy atom. The van der Waals surface area contributed by atoms with Crippen molar-refractivity contribution in [2.24, 2.45) is 0 Å². The fourth-order valence-corrected chi connectivity index (χ4v) is 2.92. The van der Waals surface area contributed by atoms with E-state index < -0.39 is 11.7 Å². The summed E-state index contributed by atoms with van der Waals surface area (Å²) in [6.45, 7) is 0.268. The van der Waals surface area contributed by atoms with E-state index in [0.29, 0.717) is 5.56 Å². The van der Waals surface area contributed by atoms with Crippen LogP contribution in [0.1, 0.15) is 11.1 Å². The zero-order valence-corrected chi connectivity index (χ0v) is 14.1. The highest BCUT2D eigenvalue weighted by atomic mass is 19.4. The molecule has 4 aromatic rings. The van der Waals surface area contributed by atoms with E-state index in [1.54, 1.807) is 24.7 Å². The first-order valence-electron chi connectivity index (χ1n) is 8.28. The molecule has 136 valence electrons. The van der Waals surface area contributed by atoms with E-state index in [2.05, 4.69) is 20.3 Å². The zero-order valence-electron chi connectivity index (χ0n) is 14.1. The van der Waals surface area contributed by atoms with Crippen molar-refractivity contribution in [3.8, 4) is 11.1 Å². The number of fused-ring (bicyclic) bond motifs is 1. The monoisotopic (exact) mass is 368 g/mol. The Labute approximate surface area is 153 Å². The van der Waals surface area contributed by atoms with Gasteiger partial charge in [-0.05, 0) is 29.8 Å². The molecule has 0 atom stereocenters. The second kappa shape index (κ2) is 6.75. The molecule has 0 aliphatic heterocycles. The lowest BCUT2D eigenvalue weighted by molar-refractivity contribution is -0.137. The van der Waals surface area contributed by atoms with Crippen LogP contribution in [-0.4, -0.2) is 15.0 Å². The number of halogens is 3. The molecule has 0 spiro atoms. The van der Waals surface area contributed by atoms with Gasteiger partial charge in [0.05, 0.1) is 17.4 Å². The minimum atomic E-state index is -4.35. The van der Waals surface area contributed by atoms with Gasteiger partial charge in [-0.3, -0.25) is 4.98 Å². The second-order valence-corrected chi connectivity index (χ2v) is 6.12. The SMILES string of the molecule is FC(F)(F)c1cccc(CNc2cnc3[nH]cc(-c4cccnc4)c3c2)c1. The summed E-state index contributed by atoms with van der Waals surface area (Å²) >= 11 is 0. The minimum Gasteiger partial charge on any atom is -0.380 e. The van der Waals surface area contributed by atoms with Gasteiger partial charge in [-0.15, -0.1) is 0 Å². The predicted molar refractivity (Wildman–Crippen MR) is 98.1 cm³/mol. The second-order valence-electron chi connectivity index (χ2n) is 6.12. The molecule has 0 fully saturated rings. The highest BCUT2D eigenvalue weighted by Gasteiger charge is 2.30. The minimum absolute atomic E-state index is 0.268. The molecule has 0 bridgehead atoms. The molecule has 0 aliphatic rings. The summed E-state index contributed by atoms with van der Waals surface area (Å²) in [5, 5.41) is 4.05. The number of nitrogens with zero attached hydrogens (tertiary/aromatic N) is 2. The van der Waals surface area contributed by atoms with Crippen molar-refractivity contribution >= 4 is 16.7 Å². The number of aromatic amines is 1. The molecular weight excluding hydrogens is 353 g/mol. The Kier molecular flexibility index (Phi) is 4.27. The molecule has 0 radical (unpaired) electrons. The maximum Gasteiger partial charge on any atom is 0.416 e. The van der Waals surface area contributed by atoms with E-state index in [1.165, 1.54) is 6.07 Å². The first-order chi connectivity index (χ1) is 13.0. The summed E-state index contributed by atoms with van der Waals surface area (Å²) < 4.78 is 38.5. The molecule has 7 heteroatoms. The Morgan fingerprint density at radius 1 is 1.04 bits per heavy atom. The smallest absolute Gasteiger partial charge is 0.380 e. The van der Waals surface area contributed by atoms with Gasteiger partial charge in [-0.25, -0.2) is 4.98 Å². The van der Waals surface area contributed by atoms with Crippen molar-refractivity contribution in [3.63, 3.8) is 0 Å². The van der Waals surface area contributed by atoms with Crippen LogP contribution >= 0.6 is 0 Å². The lowest BCUT2D eigenvalue weighted by Crippen LogP contribution is -2.07. The molecule has 4 nitrogen and oxygen atoms in total. The summed E-state index contributed by atoms with van der Waals surface area (Å²) in [6, 6.07) is 11.0. The quantitative estimate of drug-likeness (QED) is 0.517. The lowest BCUT2D eigenvalue weighted by atomic mass is 10.1. The van der Waals surface area contributed by atoms with Crippen LogP contribution in [0.4, 0.5) is 18.9 Å². The molecule has 1 aromatic carbocycles. The van der Waals surface area contributed by atoms with Gasteiger partial charge < -0.3 is 10.3 Å². The molecule has 0 aliphatic carbocycles. The van der Waals surface area contributed by atoms with Crippen LogP contribution < -0.4 is 5.32 Å². The van der Waals surface area contributed by atoms with Crippen LogP contribution in [0.3, 0.4) is 0 Å². The van der Waals surface area contributed by atoms with Gasteiger partial charge in [0.1, 0.15) is 5.65 Å². The number of hydrogen-bond donors (Lipinski definition) is 2. The summed E-state index contributed by atoms with van der Waals surface area (Å²) in [5.74, 6) is 0. The van der Waals surface area contributed by atoms with E-state index in [0.717, 1.165) is 40.0 Å². The highest BCUT2D eigenvalue weighted by molar-refractivity contribution is 5.94. The first kappa shape index (κ1) is 17.1. The number of H-pyrrole nitrogens is 1. The van der Waals surface area contributed by atoms with Crippen molar-refractivity contribution in [3.05, 3.63) is 78.4 Å². The number of nitrogens with one attached hydrogen (secondary N) is 2. The summed E-state index contributed by atoms with van der Waals surface area (Å²) in [5.41, 5.74) is 3.28. The fourth-order valence-electron chi connectivity index (χ4n) is 2.92. The van der Waals surface area contributed by atoms with Gasteiger partial charge in [-0.2, -0.15) is 13.2 Å². The van der Waals surface area contributed by atoms with Crippen LogP contribution in [0.15, 0.2) is 67.3 Å². The van der Waals surface area contributed by atoms with Gasteiger partial charge in [0.2, 0.25) is 0 Å². The van der Waals surface area contributed by atoms with Crippen molar-refractivity contribution < 1.29 is 13.2 Å². The standard InChI is InChI=1S/C20H15F3N4/c21-20(22,23)15-5-1-3-13(7-15)9-25-16-8-17-18(12-27-19(17)26-11-16)14-4-2-6-24-10-14/h1-8,10-12,25H,9H2,(H,26,27). The lowest BCUT2D eigenvalue weighted by Gasteiger charge is -2.10. The van der Waals surface area contributed by atoms with Gasteiger partial charge >= 0.3 is 6.18 Å². The van der Waals surface area contributed by atoms with E-state index in [9.17, 15) is 13.2 Å². The number of alkyl halides is 3. The average molecular weight is 368 g/mol. The van der Waals surface area contributed by atoms with E-state index >= 15 is 0 Å². The zero-order chi connectivity index (χ0) is 18.9. The number of anilines is 1. The topological polar surface area (TPSA) is 53.6 Å². The number of rotatable bonds is 4. The Bertz CT molecular complexity index is 1070. The molecule has 0 saturated heterocycles. The predicted octanol–water partition coefficient (Wildman–Crippen LogP) is 5.26. The van der Waals surface area contributed by atoms with Crippen molar-refractivity contribution in [1.82, 2.24) is 15.0 Å². The van der Waals surface area contributed by atoms with Gasteiger partial charge in [0.15, 0.2) is 0 Å². The highest BCUT2D eigenvalue weighted by Crippen LogP contribution is 2.30. The molecule has 0 unspecified atom stereocenters. The van der Waals surface area contributed by atoms with Crippen molar-refractivity contribution in [2.45, 2.75) is 12.7 Å². The maximum absolute atomic E-state index is 12.8. The van der Waals surface area contributed by atoms with E-state index in [1.807, 2.05) is 24.4 Å². The van der Waals surface area contributed by atoms with Gasteiger partial charge in [0.25, 0.3) is 0 Å². The first-order valence-corrected chi connectivity index (χ1v) is 8.28. The third kappa shape index (κ3) is 3.62. The van der Waals surface area contributed by atoms with Gasteiger partial charge in [-0.1, -0.05) is 18.2 Å². The number of benzene rings is 1. The molecule has 27 heavy (non-hydrogen) atoms. The number of aromatic nitrogens is 3. The maximum atomic E-state index is 12.8. The fraction of sp³-hybridized carbons (Fsp3) is 0.100. The molecule has 3 aromatic heterocycles. The Hall–Kier alpha value is -3.35. The Morgan fingerprint density at radius 3 is 2.70 bits per heavy atom. The van der Waals surface area contributed by atoms with Crippen LogP contribution in [0.2, 0.25) is 0 Å². The van der Waals surface area contributed by atoms with Crippen molar-refractivity contribution in [1.29, 1.82) is 0 Å². The van der Waals surface area contributed by atoms with Crippen LogP contribution in [0.5, 0.6) is 0 Å². The molecule has 0 saturated carbocycles. The van der Waals surface area contributed by atoms with Crippen LogP contribution in [-0.2, 0) is 12.7 Å². The molecule has 2 N–H and O–H groups in total. The average Bonchev–Trinajstić information content (AvgIpc) is 3.10. The van der Waals surface area contributed by atoms with E-state index in [4.69, 9.17) is 0 Å². The molecule has 4 rings (SSSR count). The summed E-state index contributed by atoms with van der Waals surface area (Å²) in [4.78, 5) is 11.6. The Balaban J connectivity index is 1.58. The van der Waals surface area contributed by atoms with E-state index in [-0.39, 0.29) is 6.54 Å². The largest absolute Gasteiger partial charge is 0.416 e. The van der Waals surface area contributed by atoms with Gasteiger partial charge in [0, 0.05) is 41.6 Å². The summed E-state index contributed by atoms with van der Waals surface area (Å²) in [6.07, 6.45) is 2.65. The third-order valence-electron chi connectivity index (χ3n) is 4.25. The molecule has 0 amide bonds. The van der Waals surface area contributed by atoms with Crippen LogP contribution in [0.25, 0.3) is 22.2 Å². The number of pyridine rings is 2. The number of hydrogen-bond acceptors (Lipinski definition) is 3. The normalized spacial score (nSPS) is 11.7. The van der Waals surface area contributed by atoms with Crippen LogP contribution in [0, 0.1) is 0 Å². The van der Waals surface area contributed by atoms with Crippen molar-refractivity contribution in [2.75, 3.05) is 5.32 Å². The molecular formula is C20H15F3N4.